The molecule has 3 rings (SSSR count). The van der Waals surface area contributed by atoms with Crippen molar-refractivity contribution in [3.63, 3.8) is 0 Å². The van der Waals surface area contributed by atoms with Crippen LogP contribution in [0.4, 0.5) is 0 Å². The number of ketones is 1. The lowest BCUT2D eigenvalue weighted by Crippen LogP contribution is -2.15. The van der Waals surface area contributed by atoms with Gasteiger partial charge in [0.05, 0.1) is 5.92 Å². The van der Waals surface area contributed by atoms with Crippen molar-refractivity contribution in [2.45, 2.75) is 19.8 Å². The number of Topliss-reactive ketones (excluding diaryl/α,β-unsaturated/α-hetero) is 1. The quantitative estimate of drug-likeness (QED) is 0.762. The first-order valence-corrected chi connectivity index (χ1v) is 6.50. The van der Waals surface area contributed by atoms with Crippen LogP contribution in [0.3, 0.4) is 0 Å². The summed E-state index contributed by atoms with van der Waals surface area (Å²) in [6, 6.07) is 13.8. The highest BCUT2D eigenvalue weighted by molar-refractivity contribution is 6.03. The minimum Gasteiger partial charge on any atom is -0.492 e. The third kappa shape index (κ3) is 2.03. The van der Waals surface area contributed by atoms with Gasteiger partial charge in [-0.3, -0.25) is 4.79 Å². The molecule has 0 spiro atoms. The van der Waals surface area contributed by atoms with E-state index >= 15 is 0 Å². The van der Waals surface area contributed by atoms with Crippen molar-refractivity contribution < 1.29 is 9.53 Å². The average molecular weight is 252 g/mol. The maximum absolute atomic E-state index is 12.7. The normalized spacial score (nSPS) is 16.8. The van der Waals surface area contributed by atoms with Gasteiger partial charge in [0.25, 0.3) is 0 Å². The molecule has 1 aliphatic heterocycles. The Morgan fingerprint density at radius 2 is 1.95 bits per heavy atom. The van der Waals surface area contributed by atoms with Crippen LogP contribution in [0.25, 0.3) is 0 Å². The predicted octanol–water partition coefficient (Wildman–Crippen LogP) is 3.66. The van der Waals surface area contributed by atoms with Crippen molar-refractivity contribution >= 4 is 5.78 Å². The van der Waals surface area contributed by atoms with E-state index in [1.54, 1.807) is 0 Å². The summed E-state index contributed by atoms with van der Waals surface area (Å²) < 4.78 is 5.60. The Morgan fingerprint density at radius 1 is 1.16 bits per heavy atom. The molecule has 1 unspecified atom stereocenters. The minimum absolute atomic E-state index is 0.158. The van der Waals surface area contributed by atoms with Crippen LogP contribution >= 0.6 is 0 Å². The van der Waals surface area contributed by atoms with Crippen LogP contribution in [-0.4, -0.2) is 12.4 Å². The molecule has 1 atom stereocenters. The Morgan fingerprint density at radius 3 is 2.79 bits per heavy atom. The Kier molecular flexibility index (Phi) is 2.86. The average Bonchev–Trinajstić information content (AvgIpc) is 2.84. The van der Waals surface area contributed by atoms with Gasteiger partial charge in [0, 0.05) is 11.1 Å². The SMILES string of the molecule is Cc1ccc(C)c(C(=O)C2COc3ccccc32)c1. The second-order valence-corrected chi connectivity index (χ2v) is 5.08. The van der Waals surface area contributed by atoms with E-state index in [4.69, 9.17) is 4.74 Å². The molecule has 1 aliphatic rings. The van der Waals surface area contributed by atoms with Crippen molar-refractivity contribution in [1.82, 2.24) is 0 Å². The highest BCUT2D eigenvalue weighted by Gasteiger charge is 2.31. The molecule has 0 radical (unpaired) electrons. The van der Waals surface area contributed by atoms with E-state index in [-0.39, 0.29) is 11.7 Å². The monoisotopic (exact) mass is 252 g/mol. The maximum Gasteiger partial charge on any atom is 0.174 e. The molecule has 0 amide bonds. The standard InChI is InChI=1S/C17H16O2/c1-11-7-8-12(2)14(9-11)17(18)15-10-19-16-6-4-3-5-13(15)16/h3-9,15H,10H2,1-2H3. The Labute approximate surface area is 113 Å². The molecule has 2 aromatic carbocycles. The predicted molar refractivity (Wildman–Crippen MR) is 74.9 cm³/mol. The van der Waals surface area contributed by atoms with Crippen LogP contribution in [0.1, 0.15) is 33.0 Å². The van der Waals surface area contributed by atoms with Crippen LogP contribution in [0.5, 0.6) is 5.75 Å². The number of aryl methyl sites for hydroxylation is 2. The lowest BCUT2D eigenvalue weighted by atomic mass is 9.89. The van der Waals surface area contributed by atoms with Crippen molar-refractivity contribution in [2.24, 2.45) is 0 Å². The molecule has 19 heavy (non-hydrogen) atoms. The fourth-order valence-corrected chi connectivity index (χ4v) is 2.57. The smallest absolute Gasteiger partial charge is 0.174 e. The number of carbonyl (C=O) groups excluding carboxylic acids is 1. The molecule has 96 valence electrons. The van der Waals surface area contributed by atoms with Crippen LogP contribution in [0, 0.1) is 13.8 Å². The summed E-state index contributed by atoms with van der Waals surface area (Å²) in [6.45, 7) is 4.44. The number of hydrogen-bond donors (Lipinski definition) is 0. The number of hydrogen-bond acceptors (Lipinski definition) is 2. The Hall–Kier alpha value is -2.09. The molecule has 0 bridgehead atoms. The van der Waals surface area contributed by atoms with Crippen LogP contribution in [0.2, 0.25) is 0 Å². The first-order valence-electron chi connectivity index (χ1n) is 6.50. The molecule has 2 heteroatoms. The molecule has 1 heterocycles. The summed E-state index contributed by atoms with van der Waals surface area (Å²) in [5.74, 6) is 0.828. The second-order valence-electron chi connectivity index (χ2n) is 5.08. The minimum atomic E-state index is -0.170. The van der Waals surface area contributed by atoms with Gasteiger partial charge in [-0.15, -0.1) is 0 Å². The van der Waals surface area contributed by atoms with E-state index < -0.39 is 0 Å². The van der Waals surface area contributed by atoms with E-state index in [0.717, 1.165) is 28.0 Å². The molecule has 2 aromatic rings. The van der Waals surface area contributed by atoms with Crippen LogP contribution in [-0.2, 0) is 0 Å². The molecule has 0 fully saturated rings. The summed E-state index contributed by atoms with van der Waals surface area (Å²) in [4.78, 5) is 12.7. The summed E-state index contributed by atoms with van der Waals surface area (Å²) in [5, 5.41) is 0. The molecule has 0 aromatic heterocycles. The number of fused-ring (bicyclic) bond motifs is 1. The number of ether oxygens (including phenoxy) is 1. The van der Waals surface area contributed by atoms with Crippen molar-refractivity contribution in [2.75, 3.05) is 6.61 Å². The van der Waals surface area contributed by atoms with E-state index in [0.29, 0.717) is 6.61 Å². The van der Waals surface area contributed by atoms with Crippen LogP contribution in [0.15, 0.2) is 42.5 Å². The van der Waals surface area contributed by atoms with Gasteiger partial charge in [-0.2, -0.15) is 0 Å². The molecular weight excluding hydrogens is 236 g/mol. The fraction of sp³-hybridized carbons (Fsp3) is 0.235. The summed E-state index contributed by atoms with van der Waals surface area (Å²) in [7, 11) is 0. The van der Waals surface area contributed by atoms with E-state index in [1.165, 1.54) is 0 Å². The van der Waals surface area contributed by atoms with Gasteiger partial charge in [0.1, 0.15) is 12.4 Å². The van der Waals surface area contributed by atoms with Crippen LogP contribution < -0.4 is 4.74 Å². The number of benzene rings is 2. The highest BCUT2D eigenvalue weighted by atomic mass is 16.5. The Bertz CT molecular complexity index is 643. The summed E-state index contributed by atoms with van der Waals surface area (Å²) in [6.07, 6.45) is 0. The van der Waals surface area contributed by atoms with E-state index in [9.17, 15) is 4.79 Å². The van der Waals surface area contributed by atoms with Gasteiger partial charge in [0.15, 0.2) is 5.78 Å². The van der Waals surface area contributed by atoms with Gasteiger partial charge in [-0.1, -0.05) is 35.9 Å². The highest BCUT2D eigenvalue weighted by Crippen LogP contribution is 2.36. The summed E-state index contributed by atoms with van der Waals surface area (Å²) in [5.41, 5.74) is 3.96. The third-order valence-corrected chi connectivity index (χ3v) is 3.67. The number of para-hydroxylation sites is 1. The van der Waals surface area contributed by atoms with E-state index in [2.05, 4.69) is 0 Å². The zero-order chi connectivity index (χ0) is 13.4. The van der Waals surface area contributed by atoms with Crippen molar-refractivity contribution in [3.8, 4) is 5.75 Å². The molecule has 0 aliphatic carbocycles. The lowest BCUT2D eigenvalue weighted by molar-refractivity contribution is 0.0947. The molecule has 0 N–H and O–H groups in total. The fourth-order valence-electron chi connectivity index (χ4n) is 2.57. The Balaban J connectivity index is 2.00. The zero-order valence-electron chi connectivity index (χ0n) is 11.1. The van der Waals surface area contributed by atoms with Crippen molar-refractivity contribution in [3.05, 3.63) is 64.7 Å². The number of carbonyl (C=O) groups is 1. The van der Waals surface area contributed by atoms with Gasteiger partial charge in [0.2, 0.25) is 0 Å². The molecule has 2 nitrogen and oxygen atoms in total. The van der Waals surface area contributed by atoms with Gasteiger partial charge < -0.3 is 4.74 Å². The van der Waals surface area contributed by atoms with Crippen molar-refractivity contribution in [1.29, 1.82) is 0 Å². The van der Waals surface area contributed by atoms with Gasteiger partial charge in [-0.05, 0) is 31.5 Å². The largest absolute Gasteiger partial charge is 0.492 e. The number of rotatable bonds is 2. The topological polar surface area (TPSA) is 26.3 Å². The first kappa shape index (κ1) is 12.0. The molecular formula is C17H16O2. The maximum atomic E-state index is 12.7. The second kappa shape index (κ2) is 4.54. The summed E-state index contributed by atoms with van der Waals surface area (Å²) >= 11 is 0. The molecule has 0 saturated heterocycles. The van der Waals surface area contributed by atoms with E-state index in [1.807, 2.05) is 56.3 Å². The van der Waals surface area contributed by atoms with Gasteiger partial charge in [-0.25, -0.2) is 0 Å². The third-order valence-electron chi connectivity index (χ3n) is 3.67. The first-order chi connectivity index (χ1) is 9.16. The molecule has 0 saturated carbocycles. The zero-order valence-corrected chi connectivity index (χ0v) is 11.1. The van der Waals surface area contributed by atoms with Gasteiger partial charge >= 0.3 is 0 Å². The lowest BCUT2D eigenvalue weighted by Gasteiger charge is -2.11.